The van der Waals surface area contributed by atoms with Gasteiger partial charge in [-0.2, -0.15) is 0 Å². The highest BCUT2D eigenvalue weighted by atomic mass is 32.1. The summed E-state index contributed by atoms with van der Waals surface area (Å²) in [4.78, 5) is 12.4. The van der Waals surface area contributed by atoms with Crippen molar-refractivity contribution in [2.75, 3.05) is 0 Å². The Morgan fingerprint density at radius 3 is 1.66 bits per heavy atom. The molecule has 5 heterocycles. The van der Waals surface area contributed by atoms with Crippen molar-refractivity contribution in [3.05, 3.63) is 237 Å². The van der Waals surface area contributed by atoms with Gasteiger partial charge in [-0.3, -0.25) is 4.57 Å². The van der Waals surface area contributed by atoms with Gasteiger partial charge >= 0.3 is 0 Å². The predicted octanol–water partition coefficient (Wildman–Crippen LogP) is 17.1. The summed E-state index contributed by atoms with van der Waals surface area (Å²) in [6.07, 6.45) is 0. The first-order chi connectivity index (χ1) is 34.7. The summed E-state index contributed by atoms with van der Waals surface area (Å²) in [6.45, 7) is 0. The van der Waals surface area contributed by atoms with E-state index in [1.807, 2.05) is 0 Å². The highest BCUT2D eigenvalue weighted by Gasteiger charge is 2.24. The quantitative estimate of drug-likeness (QED) is 0.167. The van der Waals surface area contributed by atoms with Crippen LogP contribution in [0.2, 0.25) is 0 Å². The summed E-state index contributed by atoms with van der Waals surface area (Å²) in [7, 11) is 0. The molecular formula is C64H39N5S. The van der Waals surface area contributed by atoms with Crippen molar-refractivity contribution in [3.63, 3.8) is 0 Å². The van der Waals surface area contributed by atoms with E-state index in [1.54, 1.807) is 11.3 Å². The summed E-state index contributed by atoms with van der Waals surface area (Å²) in [6, 6.07) is 85.5. The Morgan fingerprint density at radius 2 is 0.886 bits per heavy atom. The molecule has 15 aromatic rings. The zero-order valence-electron chi connectivity index (χ0n) is 37.7. The van der Waals surface area contributed by atoms with E-state index in [1.165, 1.54) is 49.0 Å². The minimum absolute atomic E-state index is 0.641. The number of hydrogen-bond acceptors (Lipinski definition) is 3. The molecule has 5 nitrogen and oxygen atoms in total. The van der Waals surface area contributed by atoms with Crippen molar-refractivity contribution in [2.45, 2.75) is 0 Å². The van der Waals surface area contributed by atoms with E-state index in [9.17, 15) is 0 Å². The van der Waals surface area contributed by atoms with Crippen LogP contribution < -0.4 is 0 Å². The maximum atomic E-state index is 5.72. The van der Waals surface area contributed by atoms with Gasteiger partial charge in [-0.25, -0.2) is 9.97 Å². The van der Waals surface area contributed by atoms with Gasteiger partial charge in [-0.05, 0) is 83.2 Å². The number of nitrogens with zero attached hydrogens (tertiary/aromatic N) is 5. The molecule has 0 bridgehead atoms. The van der Waals surface area contributed by atoms with Crippen LogP contribution in [0.1, 0.15) is 0 Å². The molecule has 326 valence electrons. The SMILES string of the molecule is c1ccc(-c2cc3nc(-n4c5ccc(-c6cccc7c8ccccc8n(-c8ccccc8)c67)cc5c5ccc6ccccc6c54)nc(-c4ccc5c(c4)c4ccccc4n5-c4ccccc4)c3s2)cc1. The van der Waals surface area contributed by atoms with E-state index in [0.29, 0.717) is 5.95 Å². The third-order valence-electron chi connectivity index (χ3n) is 14.3. The van der Waals surface area contributed by atoms with Crippen LogP contribution in [0.4, 0.5) is 0 Å². The fourth-order valence-corrected chi connectivity index (χ4v) is 12.3. The van der Waals surface area contributed by atoms with Crippen molar-refractivity contribution < 1.29 is 0 Å². The summed E-state index contributed by atoms with van der Waals surface area (Å²) in [5.41, 5.74) is 15.5. The molecular weight excluding hydrogens is 871 g/mol. The van der Waals surface area contributed by atoms with Crippen LogP contribution in [0, 0.1) is 0 Å². The summed E-state index contributed by atoms with van der Waals surface area (Å²) >= 11 is 1.76. The minimum atomic E-state index is 0.641. The Morgan fingerprint density at radius 1 is 0.329 bits per heavy atom. The van der Waals surface area contributed by atoms with Crippen molar-refractivity contribution in [1.82, 2.24) is 23.7 Å². The van der Waals surface area contributed by atoms with E-state index in [-0.39, 0.29) is 0 Å². The number of hydrogen-bond donors (Lipinski definition) is 0. The first kappa shape index (κ1) is 38.9. The van der Waals surface area contributed by atoms with Crippen LogP contribution in [0.25, 0.3) is 137 Å². The molecule has 0 radical (unpaired) electrons. The molecule has 0 saturated heterocycles. The minimum Gasteiger partial charge on any atom is -0.309 e. The zero-order valence-corrected chi connectivity index (χ0v) is 38.5. The largest absolute Gasteiger partial charge is 0.309 e. The molecule has 70 heavy (non-hydrogen) atoms. The number of aromatic nitrogens is 5. The lowest BCUT2D eigenvalue weighted by Crippen LogP contribution is -2.03. The van der Waals surface area contributed by atoms with Gasteiger partial charge in [0.05, 0.1) is 49.0 Å². The standard InChI is InChI=1S/C64H39N5S/c1-4-18-41(19-5-1)59-39-54-63(70-59)60(43-33-36-57-52(38-43)49-26-13-14-29-55(49)67(57)44-20-6-2-7-21-44)66-64(65-54)69-58-35-32-42(37-53(58)51-34-31-40-17-10-11-24-46(40)62(51)69)47-27-16-28-50-48-25-12-15-30-56(48)68(61(47)50)45-22-8-3-9-23-45/h1-39H. The fourth-order valence-electron chi connectivity index (χ4n) is 11.2. The van der Waals surface area contributed by atoms with Crippen LogP contribution in [0.3, 0.4) is 0 Å². The topological polar surface area (TPSA) is 40.6 Å². The molecule has 0 saturated carbocycles. The van der Waals surface area contributed by atoms with Crippen molar-refractivity contribution in [2.24, 2.45) is 0 Å². The van der Waals surface area contributed by atoms with Gasteiger partial charge in [0.15, 0.2) is 0 Å². The van der Waals surface area contributed by atoms with Gasteiger partial charge in [-0.15, -0.1) is 11.3 Å². The average molecular weight is 910 g/mol. The van der Waals surface area contributed by atoms with Gasteiger partial charge in [-0.1, -0.05) is 170 Å². The number of fused-ring (bicyclic) bond motifs is 12. The Bertz CT molecular complexity index is 4580. The van der Waals surface area contributed by atoms with Crippen molar-refractivity contribution in [3.8, 4) is 50.1 Å². The Hall–Kier alpha value is -9.10. The van der Waals surface area contributed by atoms with E-state index in [0.717, 1.165) is 81.6 Å². The maximum Gasteiger partial charge on any atom is 0.235 e. The Kier molecular flexibility index (Phi) is 8.46. The van der Waals surface area contributed by atoms with Gasteiger partial charge in [0.2, 0.25) is 5.95 Å². The monoisotopic (exact) mass is 909 g/mol. The average Bonchev–Trinajstić information content (AvgIpc) is 4.20. The Balaban J connectivity index is 1.00. The highest BCUT2D eigenvalue weighted by molar-refractivity contribution is 7.22. The molecule has 0 aliphatic heterocycles. The molecule has 6 heteroatoms. The summed E-state index contributed by atoms with van der Waals surface area (Å²) in [5.74, 6) is 0.641. The molecule has 15 rings (SSSR count). The van der Waals surface area contributed by atoms with E-state index in [2.05, 4.69) is 250 Å². The third kappa shape index (κ3) is 5.78. The normalized spacial score (nSPS) is 12.0. The van der Waals surface area contributed by atoms with Crippen LogP contribution in [-0.2, 0) is 0 Å². The van der Waals surface area contributed by atoms with E-state index < -0.39 is 0 Å². The lowest BCUT2D eigenvalue weighted by molar-refractivity contribution is 1.02. The second-order valence-corrected chi connectivity index (χ2v) is 19.2. The molecule has 10 aromatic carbocycles. The van der Waals surface area contributed by atoms with Crippen LogP contribution in [-0.4, -0.2) is 23.7 Å². The van der Waals surface area contributed by atoms with Crippen molar-refractivity contribution in [1.29, 1.82) is 0 Å². The van der Waals surface area contributed by atoms with Crippen molar-refractivity contribution >= 4 is 97.7 Å². The predicted molar refractivity (Wildman–Crippen MR) is 294 cm³/mol. The lowest BCUT2D eigenvalue weighted by Gasteiger charge is -2.13. The molecule has 0 N–H and O–H groups in total. The number of rotatable bonds is 6. The molecule has 0 spiro atoms. The molecule has 5 aromatic heterocycles. The molecule has 0 atom stereocenters. The van der Waals surface area contributed by atoms with Crippen LogP contribution in [0.15, 0.2) is 237 Å². The summed E-state index contributed by atoms with van der Waals surface area (Å²) in [5, 5.41) is 9.47. The first-order valence-electron chi connectivity index (χ1n) is 23.7. The number of para-hydroxylation sites is 5. The van der Waals surface area contributed by atoms with E-state index >= 15 is 0 Å². The molecule has 0 aliphatic rings. The van der Waals surface area contributed by atoms with Gasteiger partial charge in [0.1, 0.15) is 0 Å². The number of thiophene rings is 1. The van der Waals surface area contributed by atoms with Gasteiger partial charge < -0.3 is 9.13 Å². The second kappa shape index (κ2) is 15.2. The lowest BCUT2D eigenvalue weighted by atomic mass is 9.99. The zero-order chi connectivity index (χ0) is 45.9. The molecule has 0 fully saturated rings. The third-order valence-corrected chi connectivity index (χ3v) is 15.4. The maximum absolute atomic E-state index is 5.72. The smallest absolute Gasteiger partial charge is 0.235 e. The number of benzene rings is 10. The second-order valence-electron chi connectivity index (χ2n) is 18.1. The van der Waals surface area contributed by atoms with Crippen LogP contribution >= 0.6 is 11.3 Å². The van der Waals surface area contributed by atoms with Gasteiger partial charge in [0, 0.05) is 65.1 Å². The molecule has 0 unspecified atom stereocenters. The highest BCUT2D eigenvalue weighted by Crippen LogP contribution is 2.45. The first-order valence-corrected chi connectivity index (χ1v) is 24.6. The Labute approximate surface area is 406 Å². The van der Waals surface area contributed by atoms with Crippen LogP contribution in [0.5, 0.6) is 0 Å². The fraction of sp³-hybridized carbons (Fsp3) is 0. The van der Waals surface area contributed by atoms with E-state index in [4.69, 9.17) is 9.97 Å². The summed E-state index contributed by atoms with van der Waals surface area (Å²) < 4.78 is 8.17. The van der Waals surface area contributed by atoms with Gasteiger partial charge in [0.25, 0.3) is 0 Å². The molecule has 0 aliphatic carbocycles. The molecule has 0 amide bonds.